The molecule has 0 saturated carbocycles. The molecule has 0 saturated heterocycles. The molecule has 0 aliphatic carbocycles. The molecule has 0 unspecified atom stereocenters. The minimum absolute atomic E-state index is 0.00807. The zero-order valence-electron chi connectivity index (χ0n) is 19.4. The lowest BCUT2D eigenvalue weighted by Gasteiger charge is -2.23. The number of nitrogens with zero attached hydrogens (tertiary/aromatic N) is 2. The van der Waals surface area contributed by atoms with Crippen molar-refractivity contribution in [3.8, 4) is 11.5 Å². The molecule has 0 N–H and O–H groups in total. The Morgan fingerprint density at radius 3 is 1.21 bits per heavy atom. The van der Waals surface area contributed by atoms with Crippen molar-refractivity contribution in [3.63, 3.8) is 0 Å². The van der Waals surface area contributed by atoms with Crippen molar-refractivity contribution >= 4 is 81.4 Å². The summed E-state index contributed by atoms with van der Waals surface area (Å²) in [5.41, 5.74) is 0.229. The fourth-order valence-electron chi connectivity index (χ4n) is 4.60. The third-order valence-electron chi connectivity index (χ3n) is 6.29. The third-order valence-corrected chi connectivity index (χ3v) is 7.53. The van der Waals surface area contributed by atoms with E-state index in [1.165, 1.54) is 48.5 Å². The average Bonchev–Trinajstić information content (AvgIpc) is 3.30. The van der Waals surface area contributed by atoms with Gasteiger partial charge in [-0.15, -0.1) is 0 Å². The van der Waals surface area contributed by atoms with Crippen molar-refractivity contribution in [1.29, 1.82) is 0 Å². The van der Waals surface area contributed by atoms with E-state index in [2.05, 4.69) is 0 Å². The van der Waals surface area contributed by atoms with E-state index in [-0.39, 0.29) is 65.2 Å². The van der Waals surface area contributed by atoms with Crippen LogP contribution in [0.2, 0.25) is 20.1 Å². The van der Waals surface area contributed by atoms with E-state index in [1.54, 1.807) is 24.3 Å². The predicted molar refractivity (Wildman–Crippen MR) is 148 cm³/mol. The number of halogens is 4. The molecule has 4 aromatic carbocycles. The van der Waals surface area contributed by atoms with Gasteiger partial charge >= 0.3 is 0 Å². The second-order valence-corrected chi connectivity index (χ2v) is 10.1. The standard InChI is InChI=1S/C28H12Cl4N2O5/c29-15-7-1-5-13-21(15)27(37)33(25(13)35)23-17(31)9-3-11-19(23)39-20-12-4-10-18(32)24(20)34-26(36)14-6-2-8-16(30)22(14)28(34)38/h1-12H. The van der Waals surface area contributed by atoms with Crippen LogP contribution in [0.4, 0.5) is 11.4 Å². The van der Waals surface area contributed by atoms with Crippen LogP contribution in [0, 0.1) is 0 Å². The smallest absolute Gasteiger partial charge is 0.267 e. The number of ether oxygens (including phenoxy) is 1. The molecule has 4 amide bonds. The summed E-state index contributed by atoms with van der Waals surface area (Å²) in [6.45, 7) is 0. The summed E-state index contributed by atoms with van der Waals surface area (Å²) in [6.07, 6.45) is 0. The van der Waals surface area contributed by atoms with E-state index >= 15 is 0 Å². The van der Waals surface area contributed by atoms with E-state index in [9.17, 15) is 19.2 Å². The number of anilines is 2. The van der Waals surface area contributed by atoms with Gasteiger partial charge in [0.25, 0.3) is 23.6 Å². The Labute approximate surface area is 241 Å². The zero-order valence-corrected chi connectivity index (χ0v) is 22.4. The highest BCUT2D eigenvalue weighted by Gasteiger charge is 2.42. The molecule has 192 valence electrons. The van der Waals surface area contributed by atoms with Crippen LogP contribution in [-0.2, 0) is 0 Å². The Kier molecular flexibility index (Phi) is 6.12. The van der Waals surface area contributed by atoms with Gasteiger partial charge in [0.2, 0.25) is 0 Å². The first-order valence-electron chi connectivity index (χ1n) is 11.3. The number of hydrogen-bond donors (Lipinski definition) is 0. The predicted octanol–water partition coefficient (Wildman–Crippen LogP) is 7.69. The largest absolute Gasteiger partial charge is 0.453 e. The van der Waals surface area contributed by atoms with Crippen molar-refractivity contribution in [2.75, 3.05) is 9.80 Å². The summed E-state index contributed by atoms with van der Waals surface area (Å²) in [5.74, 6) is -2.66. The maximum absolute atomic E-state index is 13.3. The summed E-state index contributed by atoms with van der Waals surface area (Å²) in [4.78, 5) is 55.0. The molecule has 0 spiro atoms. The first kappa shape index (κ1) is 25.4. The number of benzene rings is 4. The Balaban J connectivity index is 1.46. The lowest BCUT2D eigenvalue weighted by Crippen LogP contribution is -2.31. The number of imide groups is 2. The monoisotopic (exact) mass is 596 g/mol. The SMILES string of the molecule is O=C1c2cccc(Cl)c2C(=O)N1c1c(Cl)cccc1Oc1cccc(Cl)c1N1C(=O)c2cccc(Cl)c2C1=O. The van der Waals surface area contributed by atoms with Crippen LogP contribution in [0.5, 0.6) is 11.5 Å². The highest BCUT2D eigenvalue weighted by atomic mass is 35.5. The van der Waals surface area contributed by atoms with Gasteiger partial charge in [-0.05, 0) is 48.5 Å². The van der Waals surface area contributed by atoms with Crippen molar-refractivity contribution in [1.82, 2.24) is 0 Å². The lowest BCUT2D eigenvalue weighted by molar-refractivity contribution is 0.0910. The Hall–Kier alpha value is -3.88. The van der Waals surface area contributed by atoms with Crippen LogP contribution < -0.4 is 14.5 Å². The lowest BCUT2D eigenvalue weighted by atomic mass is 10.1. The number of amides is 4. The van der Waals surface area contributed by atoms with Crippen LogP contribution in [-0.4, -0.2) is 23.6 Å². The number of hydrogen-bond acceptors (Lipinski definition) is 5. The van der Waals surface area contributed by atoms with Crippen LogP contribution in [0.3, 0.4) is 0 Å². The highest BCUT2D eigenvalue weighted by molar-refractivity contribution is 6.45. The molecule has 39 heavy (non-hydrogen) atoms. The van der Waals surface area contributed by atoms with Crippen LogP contribution >= 0.6 is 46.4 Å². The van der Waals surface area contributed by atoms with E-state index in [0.29, 0.717) is 0 Å². The van der Waals surface area contributed by atoms with Gasteiger partial charge in [0.15, 0.2) is 11.5 Å². The molecule has 2 aliphatic heterocycles. The quantitative estimate of drug-likeness (QED) is 0.225. The molecule has 7 nitrogen and oxygen atoms in total. The molecule has 2 heterocycles. The summed E-state index contributed by atoms with van der Waals surface area (Å²) >= 11 is 25.4. The number of rotatable bonds is 4. The molecule has 0 bridgehead atoms. The number of carbonyl (C=O) groups excluding carboxylic acids is 4. The molecule has 11 heteroatoms. The van der Waals surface area contributed by atoms with Crippen LogP contribution in [0.15, 0.2) is 72.8 Å². The second kappa shape index (κ2) is 9.39. The molecular formula is C28H12Cl4N2O5. The molecule has 0 atom stereocenters. The first-order chi connectivity index (χ1) is 18.7. The van der Waals surface area contributed by atoms with Gasteiger partial charge in [-0.1, -0.05) is 70.7 Å². The molecule has 4 aromatic rings. The average molecular weight is 598 g/mol. The summed E-state index contributed by atoms with van der Waals surface area (Å²) in [5, 5.41) is 0.303. The second-order valence-electron chi connectivity index (χ2n) is 8.49. The van der Waals surface area contributed by atoms with E-state index < -0.39 is 23.6 Å². The summed E-state index contributed by atoms with van der Waals surface area (Å²) in [7, 11) is 0. The normalized spacial score (nSPS) is 14.3. The van der Waals surface area contributed by atoms with Gasteiger partial charge in [0.05, 0.1) is 42.3 Å². The molecule has 0 radical (unpaired) electrons. The van der Waals surface area contributed by atoms with Crippen molar-refractivity contribution in [3.05, 3.63) is 115 Å². The molecular weight excluding hydrogens is 586 g/mol. The summed E-state index contributed by atoms with van der Waals surface area (Å²) < 4.78 is 6.15. The fourth-order valence-corrected chi connectivity index (χ4v) is 5.61. The summed E-state index contributed by atoms with van der Waals surface area (Å²) in [6, 6.07) is 18.2. The van der Waals surface area contributed by atoms with Crippen LogP contribution in [0.25, 0.3) is 0 Å². The van der Waals surface area contributed by atoms with Crippen molar-refractivity contribution in [2.45, 2.75) is 0 Å². The van der Waals surface area contributed by atoms with Gasteiger partial charge < -0.3 is 4.74 Å². The Morgan fingerprint density at radius 2 is 0.821 bits per heavy atom. The molecule has 2 aliphatic rings. The number of carbonyl (C=O) groups is 4. The van der Waals surface area contributed by atoms with Gasteiger partial charge in [0.1, 0.15) is 11.4 Å². The topological polar surface area (TPSA) is 84.0 Å². The Morgan fingerprint density at radius 1 is 0.462 bits per heavy atom. The van der Waals surface area contributed by atoms with Gasteiger partial charge in [-0.25, -0.2) is 9.80 Å². The fraction of sp³-hybridized carbons (Fsp3) is 0. The molecule has 0 aromatic heterocycles. The van der Waals surface area contributed by atoms with Gasteiger partial charge in [-0.2, -0.15) is 0 Å². The van der Waals surface area contributed by atoms with Crippen molar-refractivity contribution < 1.29 is 23.9 Å². The zero-order chi connectivity index (χ0) is 27.6. The third kappa shape index (κ3) is 3.81. The Bertz CT molecular complexity index is 1660. The minimum atomic E-state index is -0.681. The minimum Gasteiger partial charge on any atom is -0.453 e. The van der Waals surface area contributed by atoms with E-state index in [1.807, 2.05) is 0 Å². The van der Waals surface area contributed by atoms with Gasteiger partial charge in [-0.3, -0.25) is 19.2 Å². The maximum Gasteiger partial charge on any atom is 0.267 e. The maximum atomic E-state index is 13.3. The molecule has 0 fully saturated rings. The van der Waals surface area contributed by atoms with Crippen molar-refractivity contribution in [2.24, 2.45) is 0 Å². The first-order valence-corrected chi connectivity index (χ1v) is 12.8. The highest BCUT2D eigenvalue weighted by Crippen LogP contribution is 2.47. The number of fused-ring (bicyclic) bond motifs is 2. The van der Waals surface area contributed by atoms with E-state index in [0.717, 1.165) is 9.80 Å². The van der Waals surface area contributed by atoms with Crippen LogP contribution in [0.1, 0.15) is 41.4 Å². The number of para-hydroxylation sites is 2. The van der Waals surface area contributed by atoms with E-state index in [4.69, 9.17) is 51.1 Å². The van der Waals surface area contributed by atoms with Gasteiger partial charge in [0, 0.05) is 0 Å². The molecule has 6 rings (SSSR count).